The number of amides is 1. The maximum absolute atomic E-state index is 14.3. The van der Waals surface area contributed by atoms with Crippen LogP contribution in [0.3, 0.4) is 0 Å². The zero-order valence-electron chi connectivity index (χ0n) is 21.0. The predicted molar refractivity (Wildman–Crippen MR) is 138 cm³/mol. The number of benzene rings is 2. The van der Waals surface area contributed by atoms with Gasteiger partial charge in [0.25, 0.3) is 0 Å². The van der Waals surface area contributed by atoms with E-state index in [-0.39, 0.29) is 40.8 Å². The topological polar surface area (TPSA) is 92.9 Å². The van der Waals surface area contributed by atoms with Crippen LogP contribution in [0.2, 0.25) is 5.02 Å². The normalized spacial score (nSPS) is 22.5. The molecule has 1 atom stereocenters. The van der Waals surface area contributed by atoms with E-state index >= 15 is 0 Å². The van der Waals surface area contributed by atoms with Crippen LogP contribution in [-0.2, 0) is 24.5 Å². The van der Waals surface area contributed by atoms with Crippen LogP contribution in [-0.4, -0.2) is 31.3 Å². The minimum absolute atomic E-state index is 0.0344. The highest BCUT2D eigenvalue weighted by atomic mass is 35.5. The molecule has 2 aromatic carbocycles. The maximum Gasteiger partial charge on any atom is 0.339 e. The molecule has 2 heterocycles. The van der Waals surface area contributed by atoms with Crippen LogP contribution >= 0.6 is 11.6 Å². The first-order valence-electron chi connectivity index (χ1n) is 12.0. The summed E-state index contributed by atoms with van der Waals surface area (Å²) < 4.78 is 19.5. The van der Waals surface area contributed by atoms with Gasteiger partial charge in [-0.25, -0.2) is 9.18 Å². The van der Waals surface area contributed by atoms with Gasteiger partial charge in [-0.1, -0.05) is 43.6 Å². The van der Waals surface area contributed by atoms with Crippen LogP contribution in [0.15, 0.2) is 65.1 Å². The van der Waals surface area contributed by atoms with E-state index in [4.69, 9.17) is 22.1 Å². The summed E-state index contributed by atoms with van der Waals surface area (Å²) in [5.74, 6) is -2.22. The van der Waals surface area contributed by atoms with Gasteiger partial charge in [0.2, 0.25) is 5.91 Å². The summed E-state index contributed by atoms with van der Waals surface area (Å²) in [5, 5.41) is -0.145. The smallest absolute Gasteiger partial charge is 0.339 e. The monoisotopic (exact) mass is 523 g/mol. The third-order valence-electron chi connectivity index (χ3n) is 7.31. The molecule has 192 valence electrons. The highest BCUT2D eigenvalue weighted by molar-refractivity contribution is 6.31. The van der Waals surface area contributed by atoms with Crippen molar-refractivity contribution in [2.24, 2.45) is 11.1 Å². The number of hydrogen-bond acceptors (Lipinski definition) is 6. The van der Waals surface area contributed by atoms with Crippen molar-refractivity contribution in [1.82, 2.24) is 0 Å². The largest absolute Gasteiger partial charge is 0.462 e. The highest BCUT2D eigenvalue weighted by Crippen LogP contribution is 2.58. The van der Waals surface area contributed by atoms with Crippen molar-refractivity contribution >= 4 is 40.6 Å². The average molecular weight is 524 g/mol. The summed E-state index contributed by atoms with van der Waals surface area (Å²) in [6.07, 6.45) is 0.543. The standard InChI is InChI=1S/C28H27ClFN3O4/c1-5-37-25(35)23-24(31)33(15-10-11-18(30)17(29)12-15)20-13-27(2,3)14-21(34)22(20)28(23)16-8-6-7-9-19(16)32(4)26(28)36/h6-12H,5,13-14,31H2,1-4H3. The Kier molecular flexibility index (Phi) is 5.71. The molecule has 1 spiro atoms. The third-order valence-corrected chi connectivity index (χ3v) is 7.59. The van der Waals surface area contributed by atoms with Crippen molar-refractivity contribution in [3.05, 3.63) is 81.5 Å². The lowest BCUT2D eigenvalue weighted by Crippen LogP contribution is -2.55. The van der Waals surface area contributed by atoms with Crippen molar-refractivity contribution in [3.63, 3.8) is 0 Å². The van der Waals surface area contributed by atoms with E-state index in [1.807, 2.05) is 13.8 Å². The summed E-state index contributed by atoms with van der Waals surface area (Å²) in [7, 11) is 1.61. The van der Waals surface area contributed by atoms with Gasteiger partial charge < -0.3 is 15.4 Å². The second kappa shape index (κ2) is 8.45. The molecule has 0 saturated carbocycles. The van der Waals surface area contributed by atoms with E-state index in [9.17, 15) is 18.8 Å². The van der Waals surface area contributed by atoms with Gasteiger partial charge in [0.1, 0.15) is 22.6 Å². The maximum atomic E-state index is 14.3. The molecule has 2 aliphatic heterocycles. The molecule has 1 aliphatic carbocycles. The summed E-state index contributed by atoms with van der Waals surface area (Å²) in [6, 6.07) is 11.1. The van der Waals surface area contributed by atoms with Gasteiger partial charge in [-0.05, 0) is 43.0 Å². The predicted octanol–water partition coefficient (Wildman–Crippen LogP) is 4.59. The number of carbonyl (C=O) groups is 3. The summed E-state index contributed by atoms with van der Waals surface area (Å²) in [4.78, 5) is 45.0. The zero-order valence-corrected chi connectivity index (χ0v) is 21.8. The first-order valence-corrected chi connectivity index (χ1v) is 12.4. The van der Waals surface area contributed by atoms with Gasteiger partial charge >= 0.3 is 5.97 Å². The van der Waals surface area contributed by atoms with E-state index in [0.717, 1.165) is 0 Å². The molecule has 37 heavy (non-hydrogen) atoms. The van der Waals surface area contributed by atoms with Gasteiger partial charge in [-0.3, -0.25) is 14.5 Å². The number of ether oxygens (including phenoxy) is 1. The van der Waals surface area contributed by atoms with Crippen LogP contribution < -0.4 is 15.5 Å². The van der Waals surface area contributed by atoms with Crippen LogP contribution in [0.25, 0.3) is 0 Å². The van der Waals surface area contributed by atoms with Gasteiger partial charge in [0.15, 0.2) is 5.78 Å². The molecule has 2 N–H and O–H groups in total. The second-order valence-electron chi connectivity index (χ2n) is 10.3. The lowest BCUT2D eigenvalue weighted by molar-refractivity contribution is -0.140. The highest BCUT2D eigenvalue weighted by Gasteiger charge is 2.64. The Bertz CT molecular complexity index is 1450. The second-order valence-corrected chi connectivity index (χ2v) is 10.7. The number of fused-ring (bicyclic) bond motifs is 3. The van der Waals surface area contributed by atoms with Gasteiger partial charge in [0.05, 0.1) is 11.6 Å². The SMILES string of the molecule is CCOC(=O)C1=C(N)N(c2ccc(F)c(Cl)c2)C2=C(C(=O)CC(C)(C)C2)C12C(=O)N(C)c1ccccc12. The number of Topliss-reactive ketones (excluding diaryl/α,β-unsaturated/α-hetero) is 1. The first kappa shape index (κ1) is 25.0. The number of likely N-dealkylation sites (N-methyl/N-ethyl adjacent to an activating group) is 1. The van der Waals surface area contributed by atoms with Crippen molar-refractivity contribution < 1.29 is 23.5 Å². The molecule has 1 amide bonds. The minimum Gasteiger partial charge on any atom is -0.462 e. The average Bonchev–Trinajstić information content (AvgIpc) is 3.03. The number of nitrogens with two attached hydrogens (primary N) is 1. The zero-order chi connectivity index (χ0) is 26.9. The number of ketones is 1. The van der Waals surface area contributed by atoms with Crippen LogP contribution in [0.1, 0.15) is 39.2 Å². The number of hydrogen-bond donors (Lipinski definition) is 1. The molecule has 5 rings (SSSR count). The van der Waals surface area contributed by atoms with Crippen LogP contribution in [0.5, 0.6) is 0 Å². The Morgan fingerprint density at radius 1 is 1.16 bits per heavy atom. The summed E-state index contributed by atoms with van der Waals surface area (Å²) in [5.41, 5.74) is 6.51. The Balaban J connectivity index is 1.94. The minimum atomic E-state index is -1.77. The molecule has 0 bridgehead atoms. The van der Waals surface area contributed by atoms with E-state index in [2.05, 4.69) is 0 Å². The Morgan fingerprint density at radius 2 is 1.86 bits per heavy atom. The van der Waals surface area contributed by atoms with Gasteiger partial charge in [0, 0.05) is 41.7 Å². The molecule has 0 aromatic heterocycles. The number of para-hydroxylation sites is 1. The molecule has 9 heteroatoms. The lowest BCUT2D eigenvalue weighted by atomic mass is 9.60. The number of carbonyl (C=O) groups excluding carboxylic acids is 3. The van der Waals surface area contributed by atoms with Crippen molar-refractivity contribution in [1.29, 1.82) is 0 Å². The lowest BCUT2D eigenvalue weighted by Gasteiger charge is -2.47. The Labute approximate surface area is 219 Å². The molecule has 0 saturated heterocycles. The van der Waals surface area contributed by atoms with E-state index in [1.54, 1.807) is 43.1 Å². The Morgan fingerprint density at radius 3 is 2.54 bits per heavy atom. The molecule has 7 nitrogen and oxygen atoms in total. The van der Waals surface area contributed by atoms with Gasteiger partial charge in [-0.2, -0.15) is 0 Å². The molecule has 3 aliphatic rings. The van der Waals surface area contributed by atoms with Crippen molar-refractivity contribution in [2.45, 2.75) is 39.0 Å². The molecular weight excluding hydrogens is 497 g/mol. The molecule has 0 radical (unpaired) electrons. The fourth-order valence-electron chi connectivity index (χ4n) is 5.90. The number of rotatable bonds is 3. The first-order chi connectivity index (χ1) is 17.5. The quantitative estimate of drug-likeness (QED) is 0.591. The molecule has 0 fully saturated rings. The van der Waals surface area contributed by atoms with Crippen molar-refractivity contribution in [2.75, 3.05) is 23.5 Å². The van der Waals surface area contributed by atoms with Crippen molar-refractivity contribution in [3.8, 4) is 0 Å². The molecule has 1 unspecified atom stereocenters. The van der Waals surface area contributed by atoms with E-state index in [0.29, 0.717) is 29.1 Å². The molecule has 2 aromatic rings. The number of allylic oxidation sites excluding steroid dienone is 1. The fraction of sp³-hybridized carbons (Fsp3) is 0.321. The number of anilines is 2. The van der Waals surface area contributed by atoms with E-state index < -0.39 is 28.5 Å². The number of esters is 1. The number of halogens is 2. The molecular formula is C28H27ClFN3O4. The van der Waals surface area contributed by atoms with Crippen LogP contribution in [0.4, 0.5) is 15.8 Å². The van der Waals surface area contributed by atoms with Crippen LogP contribution in [0, 0.1) is 11.2 Å². The summed E-state index contributed by atoms with van der Waals surface area (Å²) in [6.45, 7) is 5.59. The summed E-state index contributed by atoms with van der Waals surface area (Å²) >= 11 is 6.13. The Hall–Kier alpha value is -3.65. The van der Waals surface area contributed by atoms with E-state index in [1.165, 1.54) is 23.1 Å². The third kappa shape index (κ3) is 3.42. The van der Waals surface area contributed by atoms with Gasteiger partial charge in [-0.15, -0.1) is 0 Å². The fourth-order valence-corrected chi connectivity index (χ4v) is 6.08. The number of nitrogens with zero attached hydrogens (tertiary/aromatic N) is 2.